The fourth-order valence-electron chi connectivity index (χ4n) is 1.75. The minimum atomic E-state index is -0.108. The Morgan fingerprint density at radius 2 is 2.16 bits per heavy atom. The number of anilines is 1. The summed E-state index contributed by atoms with van der Waals surface area (Å²) in [6, 6.07) is 7.40. The Balaban J connectivity index is 2.75. The second-order valence-corrected chi connectivity index (χ2v) is 5.74. The number of nitrogens with zero attached hydrogens (tertiary/aromatic N) is 1. The van der Waals surface area contributed by atoms with Crippen LogP contribution in [0.2, 0.25) is 0 Å². The van der Waals surface area contributed by atoms with E-state index in [9.17, 15) is 9.90 Å². The van der Waals surface area contributed by atoms with E-state index in [4.69, 9.17) is 0 Å². The van der Waals surface area contributed by atoms with Crippen molar-refractivity contribution in [2.45, 2.75) is 18.2 Å². The van der Waals surface area contributed by atoms with E-state index in [0.29, 0.717) is 5.56 Å². The summed E-state index contributed by atoms with van der Waals surface area (Å²) >= 11 is 1.55. The number of nitrogens with one attached hydrogen (secondary N) is 1. The zero-order valence-corrected chi connectivity index (χ0v) is 12.7. The van der Waals surface area contributed by atoms with Crippen molar-refractivity contribution >= 4 is 23.4 Å². The van der Waals surface area contributed by atoms with Crippen LogP contribution in [0, 0.1) is 0 Å². The molecule has 0 heterocycles. The molecule has 0 spiro atoms. The van der Waals surface area contributed by atoms with Crippen LogP contribution in [0.4, 0.5) is 5.69 Å². The van der Waals surface area contributed by atoms with E-state index >= 15 is 0 Å². The Morgan fingerprint density at radius 1 is 1.47 bits per heavy atom. The van der Waals surface area contributed by atoms with Gasteiger partial charge < -0.3 is 15.3 Å². The molecule has 5 heteroatoms. The lowest BCUT2D eigenvalue weighted by molar-refractivity contribution is 0.0936. The maximum atomic E-state index is 12.1. The van der Waals surface area contributed by atoms with E-state index in [2.05, 4.69) is 5.32 Å². The monoisotopic (exact) mass is 282 g/mol. The number of amides is 1. The number of thioether (sulfide) groups is 1. The van der Waals surface area contributed by atoms with Crippen molar-refractivity contribution in [3.8, 4) is 0 Å². The van der Waals surface area contributed by atoms with Gasteiger partial charge in [-0.05, 0) is 31.4 Å². The highest BCUT2D eigenvalue weighted by Gasteiger charge is 2.18. The van der Waals surface area contributed by atoms with Crippen molar-refractivity contribution in [1.29, 1.82) is 0 Å². The van der Waals surface area contributed by atoms with E-state index in [1.165, 1.54) is 0 Å². The molecule has 1 aromatic rings. The zero-order valence-electron chi connectivity index (χ0n) is 11.9. The van der Waals surface area contributed by atoms with E-state index in [0.717, 1.165) is 5.69 Å². The fourth-order valence-corrected chi connectivity index (χ4v) is 2.37. The van der Waals surface area contributed by atoms with Gasteiger partial charge in [-0.15, -0.1) is 0 Å². The van der Waals surface area contributed by atoms with Crippen molar-refractivity contribution in [2.24, 2.45) is 0 Å². The second kappa shape index (κ2) is 7.40. The minimum absolute atomic E-state index is 0.0148. The Bertz CT molecular complexity index is 420. The summed E-state index contributed by atoms with van der Waals surface area (Å²) in [5, 5.41) is 12.2. The van der Waals surface area contributed by atoms with Crippen LogP contribution < -0.4 is 10.2 Å². The van der Waals surface area contributed by atoms with Crippen molar-refractivity contribution < 1.29 is 9.90 Å². The first-order valence-electron chi connectivity index (χ1n) is 6.21. The molecule has 0 aliphatic heterocycles. The average molecular weight is 282 g/mol. The standard InChI is InChI=1S/C14H22N2O2S/c1-10(13(9-17)19-4)15-14(18)11-6-5-7-12(8-11)16(2)3/h5-8,10,13,17H,9H2,1-4H3,(H,15,18)/t10-,13-/m0/s1. The van der Waals surface area contributed by atoms with Crippen LogP contribution >= 0.6 is 11.8 Å². The maximum absolute atomic E-state index is 12.1. The molecule has 4 nitrogen and oxygen atoms in total. The summed E-state index contributed by atoms with van der Waals surface area (Å²) < 4.78 is 0. The van der Waals surface area contributed by atoms with E-state index in [1.807, 2.05) is 50.4 Å². The third-order valence-electron chi connectivity index (χ3n) is 3.02. The first kappa shape index (κ1) is 15.9. The molecule has 0 saturated heterocycles. The van der Waals surface area contributed by atoms with Crippen LogP contribution in [0.5, 0.6) is 0 Å². The van der Waals surface area contributed by atoms with Crippen molar-refractivity contribution in [3.05, 3.63) is 29.8 Å². The lowest BCUT2D eigenvalue weighted by Gasteiger charge is -2.21. The molecule has 0 aromatic heterocycles. The van der Waals surface area contributed by atoms with E-state index in [1.54, 1.807) is 17.8 Å². The summed E-state index contributed by atoms with van der Waals surface area (Å²) in [6.45, 7) is 1.96. The maximum Gasteiger partial charge on any atom is 0.251 e. The van der Waals surface area contributed by atoms with Gasteiger partial charge >= 0.3 is 0 Å². The van der Waals surface area contributed by atoms with Gasteiger partial charge in [0.25, 0.3) is 5.91 Å². The molecule has 0 fully saturated rings. The molecular weight excluding hydrogens is 260 g/mol. The molecule has 0 saturated carbocycles. The zero-order chi connectivity index (χ0) is 14.4. The highest BCUT2D eigenvalue weighted by atomic mass is 32.2. The number of benzene rings is 1. The third kappa shape index (κ3) is 4.44. The number of carbonyl (C=O) groups excluding carboxylic acids is 1. The Labute approximate surface area is 119 Å². The molecule has 0 bridgehead atoms. The molecule has 0 aliphatic carbocycles. The summed E-state index contributed by atoms with van der Waals surface area (Å²) in [6.07, 6.45) is 1.93. The molecule has 1 amide bonds. The molecule has 0 unspecified atom stereocenters. The molecule has 2 atom stereocenters. The number of aliphatic hydroxyl groups excluding tert-OH is 1. The first-order valence-corrected chi connectivity index (χ1v) is 7.50. The van der Waals surface area contributed by atoms with Crippen molar-refractivity contribution in [2.75, 3.05) is 31.9 Å². The first-order chi connectivity index (χ1) is 8.99. The number of carbonyl (C=O) groups is 1. The van der Waals surface area contributed by atoms with Crippen LogP contribution in [0.3, 0.4) is 0 Å². The van der Waals surface area contributed by atoms with Crippen molar-refractivity contribution in [1.82, 2.24) is 5.32 Å². The second-order valence-electron chi connectivity index (χ2n) is 4.66. The molecule has 106 valence electrons. The summed E-state index contributed by atoms with van der Waals surface area (Å²) in [5.74, 6) is -0.108. The quantitative estimate of drug-likeness (QED) is 0.832. The summed E-state index contributed by atoms with van der Waals surface area (Å²) in [7, 11) is 3.88. The lowest BCUT2D eigenvalue weighted by atomic mass is 10.1. The molecule has 19 heavy (non-hydrogen) atoms. The van der Waals surface area contributed by atoms with Crippen LogP contribution in [0.15, 0.2) is 24.3 Å². The lowest BCUT2D eigenvalue weighted by Crippen LogP contribution is -2.41. The van der Waals surface area contributed by atoms with Gasteiger partial charge in [-0.2, -0.15) is 11.8 Å². The highest BCUT2D eigenvalue weighted by Crippen LogP contribution is 2.15. The predicted octanol–water partition coefficient (Wildman–Crippen LogP) is 1.59. The van der Waals surface area contributed by atoms with Gasteiger partial charge in [0.2, 0.25) is 0 Å². The summed E-state index contributed by atoms with van der Waals surface area (Å²) in [5.41, 5.74) is 1.62. The number of hydrogen-bond acceptors (Lipinski definition) is 4. The van der Waals surface area contributed by atoms with E-state index < -0.39 is 0 Å². The minimum Gasteiger partial charge on any atom is -0.395 e. The van der Waals surface area contributed by atoms with E-state index in [-0.39, 0.29) is 23.8 Å². The molecule has 0 radical (unpaired) electrons. The van der Waals surface area contributed by atoms with Gasteiger partial charge in [-0.25, -0.2) is 0 Å². The highest BCUT2D eigenvalue weighted by molar-refractivity contribution is 7.99. The number of hydrogen-bond donors (Lipinski definition) is 2. The van der Waals surface area contributed by atoms with Gasteiger partial charge in [0.05, 0.1) is 6.61 Å². The average Bonchev–Trinajstić information content (AvgIpc) is 2.40. The third-order valence-corrected chi connectivity index (χ3v) is 4.19. The van der Waals surface area contributed by atoms with Crippen molar-refractivity contribution in [3.63, 3.8) is 0 Å². The SMILES string of the molecule is CS[C@@H](CO)[C@H](C)NC(=O)c1cccc(N(C)C)c1. The summed E-state index contributed by atoms with van der Waals surface area (Å²) in [4.78, 5) is 14.1. The van der Waals surface area contributed by atoms with Crippen LogP contribution in [0.25, 0.3) is 0 Å². The smallest absolute Gasteiger partial charge is 0.251 e. The number of aliphatic hydroxyl groups is 1. The molecular formula is C14H22N2O2S. The Kier molecular flexibility index (Phi) is 6.18. The molecule has 1 rings (SSSR count). The van der Waals surface area contributed by atoms with Gasteiger partial charge in [0.15, 0.2) is 0 Å². The normalized spacial score (nSPS) is 13.7. The van der Waals surface area contributed by atoms with Crippen LogP contribution in [-0.2, 0) is 0 Å². The largest absolute Gasteiger partial charge is 0.395 e. The fraction of sp³-hybridized carbons (Fsp3) is 0.500. The van der Waals surface area contributed by atoms with Gasteiger partial charge in [-0.3, -0.25) is 4.79 Å². The predicted molar refractivity (Wildman–Crippen MR) is 82.1 cm³/mol. The van der Waals surface area contributed by atoms with Gasteiger partial charge in [-0.1, -0.05) is 6.07 Å². The molecule has 1 aromatic carbocycles. The van der Waals surface area contributed by atoms with Gasteiger partial charge in [0.1, 0.15) is 0 Å². The Morgan fingerprint density at radius 3 is 2.68 bits per heavy atom. The van der Waals surface area contributed by atoms with Crippen LogP contribution in [0.1, 0.15) is 17.3 Å². The van der Waals surface area contributed by atoms with Crippen LogP contribution in [-0.4, -0.2) is 49.3 Å². The molecule has 0 aliphatic rings. The molecule has 2 N–H and O–H groups in total. The number of rotatable bonds is 6. The van der Waals surface area contributed by atoms with Gasteiger partial charge in [0, 0.05) is 36.6 Å². The topological polar surface area (TPSA) is 52.6 Å². The Hall–Kier alpha value is -1.20.